The first kappa shape index (κ1) is 17.7. The summed E-state index contributed by atoms with van der Waals surface area (Å²) in [5.74, 6) is 0.582. The maximum atomic E-state index is 12.9. The number of amides is 1. The molecule has 2 aromatic heterocycles. The summed E-state index contributed by atoms with van der Waals surface area (Å²) in [6.07, 6.45) is 4.29. The molecule has 2 aromatic rings. The van der Waals surface area contributed by atoms with Gasteiger partial charge in [0, 0.05) is 19.0 Å². The Morgan fingerprint density at radius 3 is 2.85 bits per heavy atom. The molecule has 1 amide bonds. The molecular formula is C17H21N3O4S2. The van der Waals surface area contributed by atoms with Crippen molar-refractivity contribution < 1.29 is 13.2 Å². The van der Waals surface area contributed by atoms with Crippen LogP contribution in [0.1, 0.15) is 46.7 Å². The van der Waals surface area contributed by atoms with Gasteiger partial charge in [-0.15, -0.1) is 11.3 Å². The highest BCUT2D eigenvalue weighted by atomic mass is 32.2. The predicted molar refractivity (Wildman–Crippen MR) is 101 cm³/mol. The molecule has 0 bridgehead atoms. The van der Waals surface area contributed by atoms with Crippen LogP contribution in [-0.2, 0) is 22.8 Å². The molecule has 0 unspecified atom stereocenters. The van der Waals surface area contributed by atoms with Gasteiger partial charge in [-0.1, -0.05) is 6.42 Å². The fourth-order valence-electron chi connectivity index (χ4n) is 3.79. The third-order valence-corrected chi connectivity index (χ3v) is 8.14. The standard InChI is InChI=1S/C17H21N3O4S2/c1-10-13-16(19-12-5-3-2-4-7-20(12)17(13)22)25-14(10)15(21)18-11-6-8-26(23,24)9-11/h11H,2-9H2,1H3,(H,18,21)/t11-/m0/s1. The number of sulfone groups is 1. The van der Waals surface area contributed by atoms with Crippen LogP contribution in [0, 0.1) is 6.92 Å². The zero-order valence-electron chi connectivity index (χ0n) is 14.6. The zero-order chi connectivity index (χ0) is 18.5. The van der Waals surface area contributed by atoms with E-state index in [2.05, 4.69) is 10.3 Å². The van der Waals surface area contributed by atoms with Crippen molar-refractivity contribution in [1.29, 1.82) is 0 Å². The van der Waals surface area contributed by atoms with E-state index in [0.717, 1.165) is 31.5 Å². The van der Waals surface area contributed by atoms with E-state index in [1.165, 1.54) is 11.3 Å². The van der Waals surface area contributed by atoms with Crippen molar-refractivity contribution in [3.05, 3.63) is 26.6 Å². The molecule has 2 aliphatic heterocycles. The summed E-state index contributed by atoms with van der Waals surface area (Å²) < 4.78 is 24.9. The van der Waals surface area contributed by atoms with Gasteiger partial charge in [0.15, 0.2) is 9.84 Å². The Hall–Kier alpha value is -1.74. The van der Waals surface area contributed by atoms with Gasteiger partial charge in [0.1, 0.15) is 10.7 Å². The number of carbonyl (C=O) groups is 1. The Balaban J connectivity index is 1.71. The molecular weight excluding hydrogens is 374 g/mol. The second-order valence-corrected chi connectivity index (χ2v) is 10.3. The van der Waals surface area contributed by atoms with Gasteiger partial charge in [0.25, 0.3) is 11.5 Å². The molecule has 2 aliphatic rings. The van der Waals surface area contributed by atoms with Crippen LogP contribution in [0.2, 0.25) is 0 Å². The molecule has 1 N–H and O–H groups in total. The lowest BCUT2D eigenvalue weighted by atomic mass is 10.2. The molecule has 4 rings (SSSR count). The average Bonchev–Trinajstić information content (AvgIpc) is 2.97. The summed E-state index contributed by atoms with van der Waals surface area (Å²) in [4.78, 5) is 31.3. The van der Waals surface area contributed by atoms with Crippen LogP contribution in [0.5, 0.6) is 0 Å². The largest absolute Gasteiger partial charge is 0.348 e. The minimum absolute atomic E-state index is 0.0160. The van der Waals surface area contributed by atoms with Crippen molar-refractivity contribution in [2.45, 2.75) is 51.6 Å². The van der Waals surface area contributed by atoms with Crippen LogP contribution in [0.25, 0.3) is 10.2 Å². The Morgan fingerprint density at radius 1 is 1.31 bits per heavy atom. The van der Waals surface area contributed by atoms with E-state index in [1.807, 2.05) is 0 Å². The monoisotopic (exact) mass is 395 g/mol. The Kier molecular flexibility index (Phi) is 4.38. The lowest BCUT2D eigenvalue weighted by Gasteiger charge is -2.10. The van der Waals surface area contributed by atoms with Crippen LogP contribution in [0.3, 0.4) is 0 Å². The molecule has 1 atom stereocenters. The second-order valence-electron chi connectivity index (χ2n) is 7.11. The SMILES string of the molecule is Cc1c(C(=O)N[C@H]2CCS(=O)(=O)C2)sc2nc3n(c(=O)c12)CCCCC3. The third kappa shape index (κ3) is 3.07. The van der Waals surface area contributed by atoms with Crippen molar-refractivity contribution in [3.8, 4) is 0 Å². The van der Waals surface area contributed by atoms with Gasteiger partial charge in [-0.2, -0.15) is 0 Å². The van der Waals surface area contributed by atoms with E-state index in [0.29, 0.717) is 33.6 Å². The van der Waals surface area contributed by atoms with Gasteiger partial charge in [0.2, 0.25) is 0 Å². The Bertz CT molecular complexity index is 1050. The number of hydrogen-bond donors (Lipinski definition) is 1. The van der Waals surface area contributed by atoms with Crippen LogP contribution in [0.4, 0.5) is 0 Å². The fourth-order valence-corrected chi connectivity index (χ4v) is 6.55. The van der Waals surface area contributed by atoms with Crippen LogP contribution in [0.15, 0.2) is 4.79 Å². The summed E-state index contributed by atoms with van der Waals surface area (Å²) in [7, 11) is -3.06. The maximum absolute atomic E-state index is 12.9. The van der Waals surface area contributed by atoms with Crippen molar-refractivity contribution in [2.75, 3.05) is 11.5 Å². The molecule has 0 spiro atoms. The smallest absolute Gasteiger partial charge is 0.262 e. The molecule has 9 heteroatoms. The van der Waals surface area contributed by atoms with Gasteiger partial charge in [0.05, 0.1) is 21.8 Å². The van der Waals surface area contributed by atoms with E-state index >= 15 is 0 Å². The summed E-state index contributed by atoms with van der Waals surface area (Å²) >= 11 is 1.22. The van der Waals surface area contributed by atoms with E-state index in [-0.39, 0.29) is 29.0 Å². The minimum atomic E-state index is -3.06. The average molecular weight is 396 g/mol. The van der Waals surface area contributed by atoms with Gasteiger partial charge in [-0.3, -0.25) is 14.2 Å². The normalized spacial score (nSPS) is 22.1. The van der Waals surface area contributed by atoms with Gasteiger partial charge in [-0.25, -0.2) is 13.4 Å². The highest BCUT2D eigenvalue weighted by Gasteiger charge is 2.30. The zero-order valence-corrected chi connectivity index (χ0v) is 16.2. The summed E-state index contributed by atoms with van der Waals surface area (Å²) in [5, 5.41) is 3.33. The van der Waals surface area contributed by atoms with E-state index in [4.69, 9.17) is 0 Å². The molecule has 1 saturated heterocycles. The summed E-state index contributed by atoms with van der Waals surface area (Å²) in [6, 6.07) is -0.358. The lowest BCUT2D eigenvalue weighted by Crippen LogP contribution is -2.35. The number of aryl methyl sites for hydroxylation is 2. The number of rotatable bonds is 2. The minimum Gasteiger partial charge on any atom is -0.348 e. The number of nitrogens with one attached hydrogen (secondary N) is 1. The Labute approximate surface area is 155 Å². The first-order valence-electron chi connectivity index (χ1n) is 8.90. The van der Waals surface area contributed by atoms with Crippen LogP contribution < -0.4 is 10.9 Å². The quantitative estimate of drug-likeness (QED) is 0.829. The molecule has 7 nitrogen and oxygen atoms in total. The van der Waals surface area contributed by atoms with Crippen molar-refractivity contribution in [1.82, 2.24) is 14.9 Å². The fraction of sp³-hybridized carbons (Fsp3) is 0.588. The van der Waals surface area contributed by atoms with E-state index in [1.54, 1.807) is 11.5 Å². The molecule has 0 saturated carbocycles. The topological polar surface area (TPSA) is 98.1 Å². The lowest BCUT2D eigenvalue weighted by molar-refractivity contribution is 0.0945. The highest BCUT2D eigenvalue weighted by molar-refractivity contribution is 7.91. The molecule has 1 fully saturated rings. The second kappa shape index (κ2) is 6.45. The Morgan fingerprint density at radius 2 is 2.12 bits per heavy atom. The molecule has 26 heavy (non-hydrogen) atoms. The van der Waals surface area contributed by atoms with Crippen molar-refractivity contribution in [3.63, 3.8) is 0 Å². The summed E-state index contributed by atoms with van der Waals surface area (Å²) in [5.41, 5.74) is 0.573. The number of hydrogen-bond acceptors (Lipinski definition) is 6. The van der Waals surface area contributed by atoms with Crippen molar-refractivity contribution in [2.24, 2.45) is 0 Å². The van der Waals surface area contributed by atoms with Crippen LogP contribution in [-0.4, -0.2) is 41.4 Å². The number of carbonyl (C=O) groups excluding carboxylic acids is 1. The predicted octanol–water partition coefficient (Wildman–Crippen LogP) is 1.41. The number of fused-ring (bicyclic) bond motifs is 2. The highest BCUT2D eigenvalue weighted by Crippen LogP contribution is 2.28. The summed E-state index contributed by atoms with van der Waals surface area (Å²) in [6.45, 7) is 2.44. The van der Waals surface area contributed by atoms with E-state index in [9.17, 15) is 18.0 Å². The van der Waals surface area contributed by atoms with Crippen molar-refractivity contribution >= 4 is 37.3 Å². The van der Waals surface area contributed by atoms with Gasteiger partial charge >= 0.3 is 0 Å². The first-order chi connectivity index (χ1) is 12.4. The van der Waals surface area contributed by atoms with Crippen LogP contribution >= 0.6 is 11.3 Å². The third-order valence-electron chi connectivity index (χ3n) is 5.19. The molecule has 140 valence electrons. The maximum Gasteiger partial charge on any atom is 0.262 e. The van der Waals surface area contributed by atoms with E-state index < -0.39 is 9.84 Å². The number of aromatic nitrogens is 2. The molecule has 0 aromatic carbocycles. The molecule has 4 heterocycles. The number of nitrogens with zero attached hydrogens (tertiary/aromatic N) is 2. The number of thiophene rings is 1. The first-order valence-corrected chi connectivity index (χ1v) is 11.5. The molecule has 0 aliphatic carbocycles. The van der Waals surface area contributed by atoms with Gasteiger partial charge in [-0.05, 0) is 31.7 Å². The molecule has 0 radical (unpaired) electrons. The van der Waals surface area contributed by atoms with Gasteiger partial charge < -0.3 is 5.32 Å².